The summed E-state index contributed by atoms with van der Waals surface area (Å²) in [5.74, 6) is 0. The van der Waals surface area contributed by atoms with Crippen LogP contribution >= 0.6 is 0 Å². The van der Waals surface area contributed by atoms with Crippen LogP contribution in [0.15, 0.2) is 0 Å². The van der Waals surface area contributed by atoms with E-state index in [1.54, 1.807) is 30.3 Å². The standard InChI is InChI=1S/C9H3N5/c1-7(2-10)8(3-11,4-12)9(7,5-13)6-14/h1H3. The molecule has 0 N–H and O–H groups in total. The Labute approximate surface area is 80.6 Å². The molecule has 1 fully saturated rings. The summed E-state index contributed by atoms with van der Waals surface area (Å²) in [6.07, 6.45) is 0. The quantitative estimate of drug-likeness (QED) is 0.541. The summed E-state index contributed by atoms with van der Waals surface area (Å²) in [4.78, 5) is 0. The second-order valence-electron chi connectivity index (χ2n) is 3.18. The number of rotatable bonds is 0. The molecule has 0 heterocycles. The van der Waals surface area contributed by atoms with Gasteiger partial charge in [0.1, 0.15) is 5.41 Å². The first-order chi connectivity index (χ1) is 6.55. The molecule has 0 atom stereocenters. The van der Waals surface area contributed by atoms with Gasteiger partial charge in [-0.1, -0.05) is 0 Å². The normalized spacial score (nSPS) is 22.6. The molecule has 0 aromatic carbocycles. The van der Waals surface area contributed by atoms with Crippen molar-refractivity contribution in [3.8, 4) is 30.3 Å². The Kier molecular flexibility index (Phi) is 1.52. The van der Waals surface area contributed by atoms with Crippen LogP contribution in [0.1, 0.15) is 6.92 Å². The molecule has 0 unspecified atom stereocenters. The summed E-state index contributed by atoms with van der Waals surface area (Å²) < 4.78 is 0. The third kappa shape index (κ3) is 0.481. The zero-order chi connectivity index (χ0) is 11.0. The first-order valence-corrected chi connectivity index (χ1v) is 3.62. The van der Waals surface area contributed by atoms with Gasteiger partial charge in [0, 0.05) is 0 Å². The molecule has 1 aliphatic carbocycles. The number of nitriles is 5. The van der Waals surface area contributed by atoms with E-state index in [2.05, 4.69) is 0 Å². The van der Waals surface area contributed by atoms with Crippen LogP contribution in [0.2, 0.25) is 0 Å². The van der Waals surface area contributed by atoms with Crippen LogP contribution in [0.3, 0.4) is 0 Å². The van der Waals surface area contributed by atoms with Crippen molar-refractivity contribution >= 4 is 0 Å². The average molecular weight is 181 g/mol. The Bertz CT molecular complexity index is 430. The lowest BCUT2D eigenvalue weighted by Gasteiger charge is -1.93. The molecule has 0 aromatic heterocycles. The van der Waals surface area contributed by atoms with Crippen molar-refractivity contribution in [1.82, 2.24) is 0 Å². The van der Waals surface area contributed by atoms with E-state index in [0.717, 1.165) is 0 Å². The van der Waals surface area contributed by atoms with Crippen LogP contribution < -0.4 is 0 Å². The highest BCUT2D eigenvalue weighted by Gasteiger charge is 2.91. The number of hydrogen-bond donors (Lipinski definition) is 0. The van der Waals surface area contributed by atoms with E-state index >= 15 is 0 Å². The molecular formula is C9H3N5. The van der Waals surface area contributed by atoms with Crippen LogP contribution in [-0.4, -0.2) is 0 Å². The Hall–Kier alpha value is -2.55. The molecule has 5 heteroatoms. The van der Waals surface area contributed by atoms with Gasteiger partial charge in [-0.2, -0.15) is 26.3 Å². The van der Waals surface area contributed by atoms with Crippen molar-refractivity contribution in [3.63, 3.8) is 0 Å². The van der Waals surface area contributed by atoms with Crippen LogP contribution in [0.25, 0.3) is 0 Å². The van der Waals surface area contributed by atoms with Gasteiger partial charge < -0.3 is 0 Å². The molecule has 0 aliphatic heterocycles. The van der Waals surface area contributed by atoms with Crippen molar-refractivity contribution in [2.45, 2.75) is 6.92 Å². The van der Waals surface area contributed by atoms with Gasteiger partial charge >= 0.3 is 0 Å². The monoisotopic (exact) mass is 181 g/mol. The Balaban J connectivity index is 3.57. The molecule has 0 amide bonds. The summed E-state index contributed by atoms with van der Waals surface area (Å²) in [6.45, 7) is 1.28. The Morgan fingerprint density at radius 2 is 0.929 bits per heavy atom. The van der Waals surface area contributed by atoms with Crippen molar-refractivity contribution < 1.29 is 0 Å². The van der Waals surface area contributed by atoms with E-state index in [4.69, 9.17) is 26.3 Å². The van der Waals surface area contributed by atoms with Gasteiger partial charge in [0.2, 0.25) is 0 Å². The lowest BCUT2D eigenvalue weighted by molar-refractivity contribution is 0.626. The van der Waals surface area contributed by atoms with Gasteiger partial charge in [-0.25, -0.2) is 0 Å². The first-order valence-electron chi connectivity index (χ1n) is 3.62. The second kappa shape index (κ2) is 2.23. The zero-order valence-electron chi connectivity index (χ0n) is 7.24. The summed E-state index contributed by atoms with van der Waals surface area (Å²) in [5, 5.41) is 44.0. The third-order valence-electron chi connectivity index (χ3n) is 2.89. The Morgan fingerprint density at radius 1 is 0.643 bits per heavy atom. The van der Waals surface area contributed by atoms with E-state index in [1.807, 2.05) is 0 Å². The molecule has 1 rings (SSSR count). The second-order valence-corrected chi connectivity index (χ2v) is 3.18. The molecule has 1 saturated carbocycles. The van der Waals surface area contributed by atoms with Crippen LogP contribution in [0.4, 0.5) is 0 Å². The predicted molar refractivity (Wildman–Crippen MR) is 41.0 cm³/mol. The fourth-order valence-corrected chi connectivity index (χ4v) is 1.72. The minimum absolute atomic E-state index is 1.28. The van der Waals surface area contributed by atoms with Gasteiger partial charge in [0.05, 0.1) is 30.3 Å². The topological polar surface area (TPSA) is 119 Å². The van der Waals surface area contributed by atoms with Crippen LogP contribution in [-0.2, 0) is 0 Å². The summed E-state index contributed by atoms with van der Waals surface area (Å²) >= 11 is 0. The number of nitrogens with zero attached hydrogens (tertiary/aromatic N) is 5. The van der Waals surface area contributed by atoms with Gasteiger partial charge in [0.15, 0.2) is 10.8 Å². The van der Waals surface area contributed by atoms with E-state index < -0.39 is 16.2 Å². The maximum atomic E-state index is 8.81. The molecule has 0 aromatic rings. The van der Waals surface area contributed by atoms with Gasteiger partial charge in [-0.15, -0.1) is 0 Å². The molecule has 1 aliphatic rings. The fourth-order valence-electron chi connectivity index (χ4n) is 1.72. The smallest absolute Gasteiger partial charge is 0.197 e. The molecule has 0 radical (unpaired) electrons. The van der Waals surface area contributed by atoms with Gasteiger partial charge in [0.25, 0.3) is 0 Å². The molecular weight excluding hydrogens is 178 g/mol. The van der Waals surface area contributed by atoms with Crippen molar-refractivity contribution in [3.05, 3.63) is 0 Å². The molecule has 64 valence electrons. The highest BCUT2D eigenvalue weighted by molar-refractivity contribution is 5.59. The van der Waals surface area contributed by atoms with Crippen molar-refractivity contribution in [2.24, 2.45) is 16.2 Å². The number of hydrogen-bond acceptors (Lipinski definition) is 5. The maximum Gasteiger partial charge on any atom is 0.197 e. The average Bonchev–Trinajstić information content (AvgIpc) is 2.73. The van der Waals surface area contributed by atoms with Crippen LogP contribution in [0, 0.1) is 72.9 Å². The zero-order valence-corrected chi connectivity index (χ0v) is 7.24. The highest BCUT2D eigenvalue weighted by atomic mass is 14.8. The van der Waals surface area contributed by atoms with E-state index in [-0.39, 0.29) is 0 Å². The highest BCUT2D eigenvalue weighted by Crippen LogP contribution is 2.76. The van der Waals surface area contributed by atoms with Gasteiger partial charge in [-0.05, 0) is 6.92 Å². The fraction of sp³-hybridized carbons (Fsp3) is 0.444. The van der Waals surface area contributed by atoms with Crippen molar-refractivity contribution in [1.29, 1.82) is 26.3 Å². The first kappa shape index (κ1) is 9.54. The summed E-state index contributed by atoms with van der Waals surface area (Å²) in [6, 6.07) is 8.14. The summed E-state index contributed by atoms with van der Waals surface area (Å²) in [5.41, 5.74) is -5.16. The van der Waals surface area contributed by atoms with Crippen molar-refractivity contribution in [2.75, 3.05) is 0 Å². The van der Waals surface area contributed by atoms with E-state index in [9.17, 15) is 0 Å². The van der Waals surface area contributed by atoms with E-state index in [1.165, 1.54) is 6.92 Å². The molecule has 14 heavy (non-hydrogen) atoms. The minimum Gasteiger partial charge on any atom is -0.198 e. The largest absolute Gasteiger partial charge is 0.198 e. The third-order valence-corrected chi connectivity index (χ3v) is 2.89. The molecule has 0 spiro atoms. The summed E-state index contributed by atoms with van der Waals surface area (Å²) in [7, 11) is 0. The van der Waals surface area contributed by atoms with Crippen LogP contribution in [0.5, 0.6) is 0 Å². The molecule has 5 nitrogen and oxygen atoms in total. The maximum absolute atomic E-state index is 8.81. The lowest BCUT2D eigenvalue weighted by atomic mass is 9.98. The Morgan fingerprint density at radius 3 is 1.00 bits per heavy atom. The predicted octanol–water partition coefficient (Wildman–Crippen LogP) is 0.597. The lowest BCUT2D eigenvalue weighted by Crippen LogP contribution is -2.05. The molecule has 0 bridgehead atoms. The van der Waals surface area contributed by atoms with E-state index in [0.29, 0.717) is 0 Å². The minimum atomic E-state index is -1.82. The molecule has 0 saturated heterocycles. The van der Waals surface area contributed by atoms with Gasteiger partial charge in [-0.3, -0.25) is 0 Å². The SMILES string of the molecule is CC1(C#N)C(C#N)(C#N)C1(C#N)C#N.